The van der Waals surface area contributed by atoms with Gasteiger partial charge in [-0.3, -0.25) is 9.59 Å². The lowest BCUT2D eigenvalue weighted by molar-refractivity contribution is -0.139. The summed E-state index contributed by atoms with van der Waals surface area (Å²) in [6.07, 6.45) is -0.751. The molecule has 0 aliphatic rings. The molecule has 0 aliphatic heterocycles. The van der Waals surface area contributed by atoms with Crippen molar-refractivity contribution in [3.8, 4) is 17.2 Å². The number of likely N-dealkylation sites (N-methyl/N-ethyl adjacent to an activating group) is 1. The molecule has 2 rings (SSSR count). The molecule has 0 fully saturated rings. The summed E-state index contributed by atoms with van der Waals surface area (Å²) in [7, 11) is 1.55. The first-order chi connectivity index (χ1) is 14.3. The lowest BCUT2D eigenvalue weighted by Gasteiger charge is -2.22. The molecular formula is C22H27ClN2O5. The van der Waals surface area contributed by atoms with Crippen LogP contribution >= 0.6 is 11.6 Å². The first-order valence-electron chi connectivity index (χ1n) is 9.70. The number of nitrogens with one attached hydrogen (secondary N) is 1. The summed E-state index contributed by atoms with van der Waals surface area (Å²) < 4.78 is 16.7. The van der Waals surface area contributed by atoms with Gasteiger partial charge in [-0.1, -0.05) is 11.6 Å². The fraction of sp³-hybridized carbons (Fsp3) is 0.364. The topological polar surface area (TPSA) is 77.1 Å². The molecule has 2 aromatic rings. The molecule has 8 heteroatoms. The van der Waals surface area contributed by atoms with Gasteiger partial charge in [-0.15, -0.1) is 0 Å². The molecule has 0 bridgehead atoms. The second-order valence-electron chi connectivity index (χ2n) is 6.48. The van der Waals surface area contributed by atoms with E-state index in [0.717, 1.165) is 0 Å². The third kappa shape index (κ3) is 6.84. The Labute approximate surface area is 181 Å². The van der Waals surface area contributed by atoms with Gasteiger partial charge >= 0.3 is 0 Å². The van der Waals surface area contributed by atoms with Crippen LogP contribution in [0.4, 0.5) is 5.69 Å². The van der Waals surface area contributed by atoms with Gasteiger partial charge < -0.3 is 24.4 Å². The molecule has 0 radical (unpaired) electrons. The molecule has 2 amide bonds. The number of hydrogen-bond donors (Lipinski definition) is 1. The minimum atomic E-state index is -0.751. The van der Waals surface area contributed by atoms with Gasteiger partial charge in [-0.25, -0.2) is 0 Å². The second-order valence-corrected chi connectivity index (χ2v) is 6.92. The van der Waals surface area contributed by atoms with Crippen molar-refractivity contribution >= 4 is 29.1 Å². The lowest BCUT2D eigenvalue weighted by Crippen LogP contribution is -2.41. The Kier molecular flexibility index (Phi) is 8.80. The maximum absolute atomic E-state index is 12.5. The minimum absolute atomic E-state index is 0.121. The Morgan fingerprint density at radius 3 is 2.30 bits per heavy atom. The highest BCUT2D eigenvalue weighted by Gasteiger charge is 2.21. The average Bonchev–Trinajstić information content (AvgIpc) is 2.71. The van der Waals surface area contributed by atoms with Gasteiger partial charge in [0.1, 0.15) is 5.75 Å². The van der Waals surface area contributed by atoms with Crippen LogP contribution in [0.15, 0.2) is 42.5 Å². The highest BCUT2D eigenvalue weighted by atomic mass is 35.5. The van der Waals surface area contributed by atoms with Crippen molar-refractivity contribution in [3.05, 3.63) is 47.5 Å². The van der Waals surface area contributed by atoms with Crippen LogP contribution in [0.25, 0.3) is 0 Å². The highest BCUT2D eigenvalue weighted by molar-refractivity contribution is 6.30. The van der Waals surface area contributed by atoms with E-state index < -0.39 is 6.10 Å². The third-order valence-corrected chi connectivity index (χ3v) is 4.31. The first kappa shape index (κ1) is 23.3. The highest BCUT2D eigenvalue weighted by Crippen LogP contribution is 2.30. The maximum atomic E-state index is 12.5. The summed E-state index contributed by atoms with van der Waals surface area (Å²) >= 11 is 5.85. The molecular weight excluding hydrogens is 408 g/mol. The van der Waals surface area contributed by atoms with E-state index in [1.165, 1.54) is 4.90 Å². The average molecular weight is 435 g/mol. The fourth-order valence-electron chi connectivity index (χ4n) is 2.70. The molecule has 0 saturated heterocycles. The Morgan fingerprint density at radius 2 is 1.67 bits per heavy atom. The number of carbonyl (C=O) groups is 2. The van der Waals surface area contributed by atoms with E-state index in [4.69, 9.17) is 25.8 Å². The molecule has 7 nitrogen and oxygen atoms in total. The lowest BCUT2D eigenvalue weighted by atomic mass is 10.2. The number of halogens is 1. The largest absolute Gasteiger partial charge is 0.490 e. The van der Waals surface area contributed by atoms with E-state index in [1.807, 2.05) is 13.8 Å². The molecule has 0 aromatic heterocycles. The number of rotatable bonds is 10. The van der Waals surface area contributed by atoms with Crippen molar-refractivity contribution in [3.63, 3.8) is 0 Å². The van der Waals surface area contributed by atoms with Crippen molar-refractivity contribution in [1.29, 1.82) is 0 Å². The van der Waals surface area contributed by atoms with Gasteiger partial charge in [0.05, 0.1) is 19.8 Å². The number of nitrogens with zero attached hydrogens (tertiary/aromatic N) is 1. The van der Waals surface area contributed by atoms with Crippen molar-refractivity contribution < 1.29 is 23.8 Å². The molecule has 1 atom stereocenters. The van der Waals surface area contributed by atoms with E-state index in [1.54, 1.807) is 56.4 Å². The number of hydrogen-bond acceptors (Lipinski definition) is 5. The van der Waals surface area contributed by atoms with Gasteiger partial charge in [0.2, 0.25) is 5.91 Å². The summed E-state index contributed by atoms with van der Waals surface area (Å²) in [5.74, 6) is 1.03. The molecule has 30 heavy (non-hydrogen) atoms. The second kappa shape index (κ2) is 11.3. The summed E-state index contributed by atoms with van der Waals surface area (Å²) in [5, 5.41) is 3.35. The van der Waals surface area contributed by atoms with Gasteiger partial charge in [0, 0.05) is 23.8 Å². The van der Waals surface area contributed by atoms with Crippen molar-refractivity contribution in [1.82, 2.24) is 4.90 Å². The van der Waals surface area contributed by atoms with Crippen LogP contribution in [0.2, 0.25) is 5.02 Å². The Hall–Kier alpha value is -2.93. The van der Waals surface area contributed by atoms with E-state index in [-0.39, 0.29) is 18.4 Å². The smallest absolute Gasteiger partial charge is 0.263 e. The predicted molar refractivity (Wildman–Crippen MR) is 117 cm³/mol. The third-order valence-electron chi connectivity index (χ3n) is 4.06. The van der Waals surface area contributed by atoms with Crippen LogP contribution in [-0.2, 0) is 9.59 Å². The molecule has 0 heterocycles. The zero-order valence-electron chi connectivity index (χ0n) is 17.6. The van der Waals surface area contributed by atoms with E-state index in [9.17, 15) is 9.59 Å². The van der Waals surface area contributed by atoms with Gasteiger partial charge in [-0.2, -0.15) is 0 Å². The fourth-order valence-corrected chi connectivity index (χ4v) is 2.83. The maximum Gasteiger partial charge on any atom is 0.263 e. The number of ether oxygens (including phenoxy) is 3. The van der Waals surface area contributed by atoms with Gasteiger partial charge in [0.25, 0.3) is 5.91 Å². The van der Waals surface area contributed by atoms with Gasteiger partial charge in [-0.05, 0) is 57.2 Å². The molecule has 0 aliphatic carbocycles. The van der Waals surface area contributed by atoms with Crippen LogP contribution in [0.3, 0.4) is 0 Å². The molecule has 0 spiro atoms. The summed E-state index contributed by atoms with van der Waals surface area (Å²) in [6, 6.07) is 11.9. The monoisotopic (exact) mass is 434 g/mol. The molecule has 2 aromatic carbocycles. The van der Waals surface area contributed by atoms with E-state index in [2.05, 4.69) is 5.32 Å². The molecule has 1 N–H and O–H groups in total. The number of anilines is 1. The predicted octanol–water partition coefficient (Wildman–Crippen LogP) is 4.00. The zero-order valence-corrected chi connectivity index (χ0v) is 18.4. The molecule has 0 unspecified atom stereocenters. The van der Waals surface area contributed by atoms with Gasteiger partial charge in [0.15, 0.2) is 17.6 Å². The van der Waals surface area contributed by atoms with Crippen molar-refractivity contribution in [2.45, 2.75) is 26.9 Å². The summed E-state index contributed by atoms with van der Waals surface area (Å²) in [4.78, 5) is 26.2. The minimum Gasteiger partial charge on any atom is -0.490 e. The van der Waals surface area contributed by atoms with E-state index >= 15 is 0 Å². The first-order valence-corrected chi connectivity index (χ1v) is 10.1. The van der Waals surface area contributed by atoms with Crippen molar-refractivity contribution in [2.24, 2.45) is 0 Å². The van der Waals surface area contributed by atoms with Crippen molar-refractivity contribution in [2.75, 3.05) is 32.1 Å². The standard InChI is InChI=1S/C22H27ClN2O5/c1-5-28-19-12-9-17(13-20(19)29-6-2)24-21(26)14-25(4)22(27)15(3)30-18-10-7-16(23)8-11-18/h7-13,15H,5-6,14H2,1-4H3,(H,24,26)/t15-/m1/s1. The van der Waals surface area contributed by atoms with Crippen LogP contribution in [0.1, 0.15) is 20.8 Å². The Bertz CT molecular complexity index is 857. The summed E-state index contributed by atoms with van der Waals surface area (Å²) in [6.45, 7) is 6.25. The van der Waals surface area contributed by atoms with Crippen LogP contribution in [-0.4, -0.2) is 49.6 Å². The zero-order chi connectivity index (χ0) is 22.1. The molecule has 0 saturated carbocycles. The van der Waals surface area contributed by atoms with Crippen LogP contribution < -0.4 is 19.5 Å². The molecule has 162 valence electrons. The normalized spacial score (nSPS) is 11.4. The summed E-state index contributed by atoms with van der Waals surface area (Å²) in [5.41, 5.74) is 0.554. The van der Waals surface area contributed by atoms with Crippen LogP contribution in [0.5, 0.6) is 17.2 Å². The van der Waals surface area contributed by atoms with E-state index in [0.29, 0.717) is 41.2 Å². The number of benzene rings is 2. The quantitative estimate of drug-likeness (QED) is 0.611. The Balaban J connectivity index is 1.93. The number of carbonyl (C=O) groups excluding carboxylic acids is 2. The van der Waals surface area contributed by atoms with Crippen LogP contribution in [0, 0.1) is 0 Å². The Morgan fingerprint density at radius 1 is 1.03 bits per heavy atom. The number of amides is 2. The SMILES string of the molecule is CCOc1ccc(NC(=O)CN(C)C(=O)[C@@H](C)Oc2ccc(Cl)cc2)cc1OCC.